The molecule has 0 aliphatic rings. The Morgan fingerprint density at radius 1 is 1.18 bits per heavy atom. The van der Waals surface area contributed by atoms with Crippen LogP contribution in [0.15, 0.2) is 24.3 Å². The number of hydrogen-bond acceptors (Lipinski definition) is 3. The molecule has 0 atom stereocenters. The normalized spacial score (nSPS) is 11.2. The van der Waals surface area contributed by atoms with Crippen LogP contribution >= 0.6 is 0 Å². The predicted molar refractivity (Wildman–Crippen MR) is 65.6 cm³/mol. The van der Waals surface area contributed by atoms with Gasteiger partial charge in [0.05, 0.1) is 5.75 Å². The Kier molecular flexibility index (Phi) is 4.65. The molecule has 0 aromatic heterocycles. The molecule has 6 heteroatoms. The van der Waals surface area contributed by atoms with Gasteiger partial charge in [0.25, 0.3) is 0 Å². The smallest absolute Gasteiger partial charge is 0.217 e. The van der Waals surface area contributed by atoms with Crippen LogP contribution in [0.3, 0.4) is 0 Å². The number of sulfonamides is 1. The molecule has 0 spiro atoms. The molecule has 0 aliphatic carbocycles. The minimum absolute atomic E-state index is 0.0378. The first-order valence-electron chi connectivity index (χ1n) is 5.16. The fourth-order valence-corrected chi connectivity index (χ4v) is 2.05. The van der Waals surface area contributed by atoms with Crippen molar-refractivity contribution >= 4 is 15.9 Å². The molecular formula is C11H16N2O3S. The molecule has 0 unspecified atom stereocenters. The topological polar surface area (TPSA) is 75.3 Å². The summed E-state index contributed by atoms with van der Waals surface area (Å²) in [6.07, 6.45) is 0. The van der Waals surface area contributed by atoms with Crippen LogP contribution in [-0.2, 0) is 27.1 Å². The van der Waals surface area contributed by atoms with Crippen molar-refractivity contribution in [3.63, 3.8) is 0 Å². The third kappa shape index (κ3) is 4.97. The van der Waals surface area contributed by atoms with E-state index in [1.54, 1.807) is 24.3 Å². The van der Waals surface area contributed by atoms with Crippen molar-refractivity contribution in [2.24, 2.45) is 0 Å². The second-order valence-electron chi connectivity index (χ2n) is 3.69. The van der Waals surface area contributed by atoms with Crippen LogP contribution in [0.5, 0.6) is 0 Å². The van der Waals surface area contributed by atoms with Crippen LogP contribution in [0.2, 0.25) is 0 Å². The molecular weight excluding hydrogens is 240 g/mol. The zero-order chi connectivity index (χ0) is 12.9. The lowest BCUT2D eigenvalue weighted by Crippen LogP contribution is -2.20. The summed E-state index contributed by atoms with van der Waals surface area (Å²) < 4.78 is 24.9. The largest absolute Gasteiger partial charge is 0.352 e. The van der Waals surface area contributed by atoms with Crippen LogP contribution in [0, 0.1) is 0 Å². The van der Waals surface area contributed by atoms with Crippen LogP contribution in [-0.4, -0.2) is 21.4 Å². The summed E-state index contributed by atoms with van der Waals surface area (Å²) in [4.78, 5) is 10.7. The van der Waals surface area contributed by atoms with Crippen molar-refractivity contribution in [1.29, 1.82) is 0 Å². The molecule has 5 nitrogen and oxygen atoms in total. The van der Waals surface area contributed by atoms with E-state index in [0.717, 1.165) is 5.56 Å². The third-order valence-corrected chi connectivity index (χ3v) is 3.57. The fraction of sp³-hybridized carbons (Fsp3) is 0.364. The highest BCUT2D eigenvalue weighted by molar-refractivity contribution is 7.88. The van der Waals surface area contributed by atoms with Gasteiger partial charge in [0.15, 0.2) is 0 Å². The van der Waals surface area contributed by atoms with E-state index in [9.17, 15) is 13.2 Å². The van der Waals surface area contributed by atoms with Crippen molar-refractivity contribution in [3.05, 3.63) is 35.4 Å². The zero-order valence-corrected chi connectivity index (χ0v) is 10.7. The van der Waals surface area contributed by atoms with E-state index in [1.165, 1.54) is 14.0 Å². The molecule has 2 N–H and O–H groups in total. The van der Waals surface area contributed by atoms with Crippen LogP contribution in [0.25, 0.3) is 0 Å². The van der Waals surface area contributed by atoms with E-state index in [2.05, 4.69) is 10.0 Å². The lowest BCUT2D eigenvalue weighted by molar-refractivity contribution is -0.119. The van der Waals surface area contributed by atoms with E-state index in [-0.39, 0.29) is 11.7 Å². The summed E-state index contributed by atoms with van der Waals surface area (Å²) in [6, 6.07) is 7.09. The maximum absolute atomic E-state index is 11.3. The Labute approximate surface area is 101 Å². The molecule has 0 radical (unpaired) electrons. The van der Waals surface area contributed by atoms with Crippen molar-refractivity contribution in [2.75, 3.05) is 7.05 Å². The van der Waals surface area contributed by atoms with E-state index in [4.69, 9.17) is 0 Å². The molecule has 0 saturated heterocycles. The van der Waals surface area contributed by atoms with Crippen molar-refractivity contribution in [2.45, 2.75) is 19.2 Å². The molecule has 0 saturated carbocycles. The summed E-state index contributed by atoms with van der Waals surface area (Å²) in [6.45, 7) is 1.91. The van der Waals surface area contributed by atoms with Gasteiger partial charge >= 0.3 is 0 Å². The van der Waals surface area contributed by atoms with Crippen LogP contribution in [0.4, 0.5) is 0 Å². The number of carbonyl (C=O) groups is 1. The van der Waals surface area contributed by atoms with Gasteiger partial charge in [0.2, 0.25) is 15.9 Å². The number of rotatable bonds is 5. The first kappa shape index (κ1) is 13.7. The average molecular weight is 256 g/mol. The second kappa shape index (κ2) is 5.79. The van der Waals surface area contributed by atoms with Crippen LogP contribution in [0.1, 0.15) is 18.1 Å². The first-order valence-corrected chi connectivity index (χ1v) is 6.81. The number of hydrogen-bond donors (Lipinski definition) is 2. The molecule has 1 amide bonds. The summed E-state index contributed by atoms with van der Waals surface area (Å²) >= 11 is 0. The summed E-state index contributed by atoms with van der Waals surface area (Å²) in [5, 5.41) is 2.67. The lowest BCUT2D eigenvalue weighted by atomic mass is 10.1. The van der Waals surface area contributed by atoms with Gasteiger partial charge in [-0.25, -0.2) is 13.1 Å². The van der Waals surface area contributed by atoms with Gasteiger partial charge in [-0.2, -0.15) is 0 Å². The standard InChI is InChI=1S/C11H16N2O3S/c1-9(14)13-7-10-3-5-11(6-4-10)8-17(15,16)12-2/h3-6,12H,7-8H2,1-2H3,(H,13,14). The van der Waals surface area contributed by atoms with Gasteiger partial charge in [0, 0.05) is 13.5 Å². The van der Waals surface area contributed by atoms with Gasteiger partial charge in [0.1, 0.15) is 0 Å². The van der Waals surface area contributed by atoms with Gasteiger partial charge < -0.3 is 5.32 Å². The number of amides is 1. The molecule has 0 heterocycles. The SMILES string of the molecule is CNS(=O)(=O)Cc1ccc(CNC(C)=O)cc1. The van der Waals surface area contributed by atoms with Crippen molar-refractivity contribution in [1.82, 2.24) is 10.0 Å². The molecule has 0 aliphatic heterocycles. The monoisotopic (exact) mass is 256 g/mol. The maximum Gasteiger partial charge on any atom is 0.217 e. The van der Waals surface area contributed by atoms with Crippen molar-refractivity contribution < 1.29 is 13.2 Å². The lowest BCUT2D eigenvalue weighted by Gasteiger charge is -2.05. The van der Waals surface area contributed by atoms with E-state index < -0.39 is 10.0 Å². The second-order valence-corrected chi connectivity index (χ2v) is 5.62. The van der Waals surface area contributed by atoms with Crippen LogP contribution < -0.4 is 10.0 Å². The minimum Gasteiger partial charge on any atom is -0.352 e. The van der Waals surface area contributed by atoms with Gasteiger partial charge in [-0.15, -0.1) is 0 Å². The average Bonchev–Trinajstić information content (AvgIpc) is 2.28. The molecule has 1 rings (SSSR count). The first-order chi connectivity index (χ1) is 7.93. The Bertz CT molecular complexity index is 480. The van der Waals surface area contributed by atoms with E-state index >= 15 is 0 Å². The Morgan fingerprint density at radius 2 is 1.71 bits per heavy atom. The Hall–Kier alpha value is -1.40. The maximum atomic E-state index is 11.3. The highest BCUT2D eigenvalue weighted by atomic mass is 32.2. The molecule has 17 heavy (non-hydrogen) atoms. The zero-order valence-electron chi connectivity index (χ0n) is 9.86. The number of carbonyl (C=O) groups excluding carboxylic acids is 1. The quantitative estimate of drug-likeness (QED) is 0.799. The molecule has 1 aromatic rings. The van der Waals surface area contributed by atoms with Gasteiger partial charge in [-0.05, 0) is 18.2 Å². The summed E-state index contributed by atoms with van der Waals surface area (Å²) in [7, 11) is -1.84. The van der Waals surface area contributed by atoms with E-state index in [0.29, 0.717) is 12.1 Å². The highest BCUT2D eigenvalue weighted by Gasteiger charge is 2.07. The van der Waals surface area contributed by atoms with Gasteiger partial charge in [-0.3, -0.25) is 4.79 Å². The number of benzene rings is 1. The number of nitrogens with one attached hydrogen (secondary N) is 2. The molecule has 94 valence electrons. The molecule has 0 fully saturated rings. The molecule has 0 bridgehead atoms. The Balaban J connectivity index is 2.65. The third-order valence-electron chi connectivity index (χ3n) is 2.23. The molecule has 1 aromatic carbocycles. The summed E-state index contributed by atoms with van der Waals surface area (Å²) in [5.41, 5.74) is 1.65. The Morgan fingerprint density at radius 3 is 2.18 bits per heavy atom. The fourth-order valence-electron chi connectivity index (χ4n) is 1.27. The minimum atomic E-state index is -3.23. The van der Waals surface area contributed by atoms with E-state index in [1.807, 2.05) is 0 Å². The van der Waals surface area contributed by atoms with Crippen molar-refractivity contribution in [3.8, 4) is 0 Å². The van der Waals surface area contributed by atoms with Gasteiger partial charge in [-0.1, -0.05) is 24.3 Å². The summed E-state index contributed by atoms with van der Waals surface area (Å²) in [5.74, 6) is -0.129. The highest BCUT2D eigenvalue weighted by Crippen LogP contribution is 2.07. The predicted octanol–water partition coefficient (Wildman–Crippen LogP) is 0.372.